The topological polar surface area (TPSA) is 89.2 Å². The minimum Gasteiger partial charge on any atom is -0.394 e. The summed E-state index contributed by atoms with van der Waals surface area (Å²) in [6.07, 6.45) is 1.70. The van der Waals surface area contributed by atoms with Crippen LogP contribution in [0.15, 0.2) is 41.3 Å². The molecule has 1 aromatic carbocycles. The Morgan fingerprint density at radius 2 is 1.93 bits per heavy atom. The second-order valence-electron chi connectivity index (χ2n) is 7.75. The summed E-state index contributed by atoms with van der Waals surface area (Å²) in [5, 5.41) is 16.4. The normalized spacial score (nSPS) is 11.2. The number of hydrogen-bond donors (Lipinski definition) is 2. The lowest BCUT2D eigenvalue weighted by Crippen LogP contribution is -2.29. The molecule has 0 aliphatic heterocycles. The summed E-state index contributed by atoms with van der Waals surface area (Å²) in [7, 11) is 0. The predicted octanol–water partition coefficient (Wildman–Crippen LogP) is 3.33. The Kier molecular flexibility index (Phi) is 6.22. The van der Waals surface area contributed by atoms with Crippen molar-refractivity contribution in [1.82, 2.24) is 14.3 Å². The number of benzene rings is 1. The number of aromatic nitrogens is 3. The summed E-state index contributed by atoms with van der Waals surface area (Å²) >= 11 is 0. The predicted molar refractivity (Wildman–Crippen MR) is 118 cm³/mol. The first-order valence-corrected chi connectivity index (χ1v) is 10.0. The third-order valence-electron chi connectivity index (χ3n) is 5.27. The van der Waals surface area contributed by atoms with Gasteiger partial charge in [0.05, 0.1) is 30.2 Å². The number of aryl methyl sites for hydroxylation is 2. The van der Waals surface area contributed by atoms with Gasteiger partial charge in [-0.15, -0.1) is 0 Å². The number of aliphatic hydroxyl groups is 1. The molecule has 1 amide bonds. The van der Waals surface area contributed by atoms with Gasteiger partial charge in [-0.25, -0.2) is 0 Å². The van der Waals surface area contributed by atoms with Crippen molar-refractivity contribution >= 4 is 11.6 Å². The molecule has 2 heterocycles. The first-order chi connectivity index (χ1) is 14.2. The molecular formula is C23H28N4O3. The molecule has 2 aromatic heterocycles. The van der Waals surface area contributed by atoms with E-state index in [1.165, 1.54) is 4.57 Å². The highest BCUT2D eigenvalue weighted by Crippen LogP contribution is 2.21. The van der Waals surface area contributed by atoms with Gasteiger partial charge in [0, 0.05) is 11.9 Å². The Morgan fingerprint density at radius 3 is 2.60 bits per heavy atom. The summed E-state index contributed by atoms with van der Waals surface area (Å²) in [6, 6.07) is 9.54. The van der Waals surface area contributed by atoms with Crippen molar-refractivity contribution in [2.45, 2.75) is 47.1 Å². The third kappa shape index (κ3) is 4.07. The Balaban J connectivity index is 2.01. The molecule has 0 aliphatic carbocycles. The lowest BCUT2D eigenvalue weighted by atomic mass is 10.0. The summed E-state index contributed by atoms with van der Waals surface area (Å²) in [5.74, 6) is -0.142. The number of hydrogen-bond acceptors (Lipinski definition) is 4. The van der Waals surface area contributed by atoms with Gasteiger partial charge in [0.25, 0.3) is 11.5 Å². The standard InChI is InChI=1S/C23H28N4O3/c1-14(2)18-7-6-8-19(13-18)26-10-9-15(3)20(23(26)30)22(29)24-21-16(4)25-27(11-12-28)17(21)5/h6-10,13-14,28H,11-12H2,1-5H3,(H,24,29). The molecule has 0 bridgehead atoms. The van der Waals surface area contributed by atoms with Crippen LogP contribution in [0.2, 0.25) is 0 Å². The molecule has 3 rings (SSSR count). The van der Waals surface area contributed by atoms with Crippen molar-refractivity contribution in [2.75, 3.05) is 11.9 Å². The molecule has 2 N–H and O–H groups in total. The molecule has 0 saturated heterocycles. The van der Waals surface area contributed by atoms with Crippen molar-refractivity contribution in [2.24, 2.45) is 0 Å². The fourth-order valence-electron chi connectivity index (χ4n) is 3.51. The van der Waals surface area contributed by atoms with Crippen LogP contribution < -0.4 is 10.9 Å². The lowest BCUT2D eigenvalue weighted by Gasteiger charge is -2.13. The van der Waals surface area contributed by atoms with E-state index in [0.717, 1.165) is 16.9 Å². The van der Waals surface area contributed by atoms with Crippen molar-refractivity contribution in [3.8, 4) is 5.69 Å². The first kappa shape index (κ1) is 21.5. The van der Waals surface area contributed by atoms with Crippen LogP contribution in [-0.2, 0) is 6.54 Å². The summed E-state index contributed by atoms with van der Waals surface area (Å²) in [4.78, 5) is 26.3. The van der Waals surface area contributed by atoms with Gasteiger partial charge in [0.1, 0.15) is 5.56 Å². The SMILES string of the molecule is Cc1ccn(-c2cccc(C(C)C)c2)c(=O)c1C(=O)Nc1c(C)nn(CCO)c1C. The van der Waals surface area contributed by atoms with Crippen molar-refractivity contribution in [3.05, 3.63) is 75.0 Å². The lowest BCUT2D eigenvalue weighted by molar-refractivity contribution is 0.102. The summed E-state index contributed by atoms with van der Waals surface area (Å²) in [6.45, 7) is 9.83. The van der Waals surface area contributed by atoms with Gasteiger partial charge < -0.3 is 10.4 Å². The third-order valence-corrected chi connectivity index (χ3v) is 5.27. The van der Waals surface area contributed by atoms with Gasteiger partial charge in [-0.1, -0.05) is 26.0 Å². The van der Waals surface area contributed by atoms with Crippen molar-refractivity contribution in [3.63, 3.8) is 0 Å². The van der Waals surface area contributed by atoms with Crippen LogP contribution in [0.25, 0.3) is 5.69 Å². The van der Waals surface area contributed by atoms with Gasteiger partial charge in [-0.05, 0) is 56.0 Å². The number of nitrogens with zero attached hydrogens (tertiary/aromatic N) is 3. The molecule has 158 valence electrons. The molecule has 0 saturated carbocycles. The molecule has 3 aromatic rings. The highest BCUT2D eigenvalue weighted by atomic mass is 16.3. The van der Waals surface area contributed by atoms with Crippen LogP contribution in [0.1, 0.15) is 52.6 Å². The van der Waals surface area contributed by atoms with E-state index in [2.05, 4.69) is 24.3 Å². The molecule has 30 heavy (non-hydrogen) atoms. The number of nitrogens with one attached hydrogen (secondary N) is 1. The van der Waals surface area contributed by atoms with Crippen LogP contribution in [0.5, 0.6) is 0 Å². The van der Waals surface area contributed by atoms with E-state index in [1.807, 2.05) is 31.2 Å². The summed E-state index contributed by atoms with van der Waals surface area (Å²) in [5.41, 5.74) is 4.10. The van der Waals surface area contributed by atoms with E-state index in [9.17, 15) is 14.7 Å². The minimum atomic E-state index is -0.471. The zero-order valence-electron chi connectivity index (χ0n) is 18.1. The van der Waals surface area contributed by atoms with E-state index in [0.29, 0.717) is 29.4 Å². The Bertz CT molecular complexity index is 1140. The molecule has 0 fully saturated rings. The summed E-state index contributed by atoms with van der Waals surface area (Å²) < 4.78 is 3.14. The Labute approximate surface area is 176 Å². The Morgan fingerprint density at radius 1 is 1.20 bits per heavy atom. The van der Waals surface area contributed by atoms with Crippen LogP contribution in [0.3, 0.4) is 0 Å². The van der Waals surface area contributed by atoms with E-state index in [1.54, 1.807) is 30.8 Å². The average molecular weight is 409 g/mol. The van der Waals surface area contributed by atoms with Gasteiger partial charge in [-0.2, -0.15) is 5.10 Å². The maximum absolute atomic E-state index is 13.2. The van der Waals surface area contributed by atoms with E-state index < -0.39 is 5.91 Å². The Hall–Kier alpha value is -3.19. The highest BCUT2D eigenvalue weighted by molar-refractivity contribution is 6.05. The monoisotopic (exact) mass is 408 g/mol. The number of amides is 1. The zero-order valence-corrected chi connectivity index (χ0v) is 18.1. The molecule has 7 nitrogen and oxygen atoms in total. The van der Waals surface area contributed by atoms with Gasteiger partial charge in [0.15, 0.2) is 0 Å². The highest BCUT2D eigenvalue weighted by Gasteiger charge is 2.20. The van der Waals surface area contributed by atoms with Gasteiger partial charge in [0.2, 0.25) is 0 Å². The number of anilines is 1. The molecule has 7 heteroatoms. The number of aliphatic hydroxyl groups excluding tert-OH is 1. The van der Waals surface area contributed by atoms with Crippen LogP contribution >= 0.6 is 0 Å². The second-order valence-corrected chi connectivity index (χ2v) is 7.75. The average Bonchev–Trinajstić information content (AvgIpc) is 2.96. The maximum Gasteiger partial charge on any atom is 0.268 e. The number of rotatable bonds is 6. The second kappa shape index (κ2) is 8.67. The molecule has 0 atom stereocenters. The van der Waals surface area contributed by atoms with E-state index in [-0.39, 0.29) is 17.7 Å². The van der Waals surface area contributed by atoms with Crippen molar-refractivity contribution < 1.29 is 9.90 Å². The maximum atomic E-state index is 13.2. The van der Waals surface area contributed by atoms with Gasteiger partial charge >= 0.3 is 0 Å². The zero-order chi connectivity index (χ0) is 22.0. The largest absolute Gasteiger partial charge is 0.394 e. The van der Waals surface area contributed by atoms with Crippen LogP contribution in [0.4, 0.5) is 5.69 Å². The quantitative estimate of drug-likeness (QED) is 0.655. The smallest absolute Gasteiger partial charge is 0.268 e. The molecular weight excluding hydrogens is 380 g/mol. The molecule has 0 spiro atoms. The van der Waals surface area contributed by atoms with E-state index >= 15 is 0 Å². The number of pyridine rings is 1. The first-order valence-electron chi connectivity index (χ1n) is 10.0. The van der Waals surface area contributed by atoms with Crippen molar-refractivity contribution in [1.29, 1.82) is 0 Å². The number of carbonyl (C=O) groups excluding carboxylic acids is 1. The fraction of sp³-hybridized carbons (Fsp3) is 0.348. The van der Waals surface area contributed by atoms with E-state index in [4.69, 9.17) is 0 Å². The number of carbonyl (C=O) groups is 1. The molecule has 0 radical (unpaired) electrons. The van der Waals surface area contributed by atoms with Crippen LogP contribution in [-0.4, -0.2) is 32.0 Å². The minimum absolute atomic E-state index is 0.0483. The molecule has 0 unspecified atom stereocenters. The molecule has 0 aliphatic rings. The fourth-order valence-corrected chi connectivity index (χ4v) is 3.51. The van der Waals surface area contributed by atoms with Gasteiger partial charge in [-0.3, -0.25) is 18.8 Å². The van der Waals surface area contributed by atoms with Crippen LogP contribution in [0, 0.1) is 20.8 Å².